The maximum Gasteiger partial charge on any atom is 0.277 e. The van der Waals surface area contributed by atoms with Gasteiger partial charge in [-0.25, -0.2) is 9.97 Å². The normalized spacial score (nSPS) is 11.2. The van der Waals surface area contributed by atoms with Crippen molar-refractivity contribution in [2.45, 2.75) is 24.3 Å². The van der Waals surface area contributed by atoms with E-state index < -0.39 is 0 Å². The molecule has 0 saturated carbocycles. The number of rotatable bonds is 6. The smallest absolute Gasteiger partial charge is 0.277 e. The second-order valence-corrected chi connectivity index (χ2v) is 7.84. The highest BCUT2D eigenvalue weighted by atomic mass is 35.5. The fourth-order valence-corrected chi connectivity index (χ4v) is 3.72. The first-order valence-electron chi connectivity index (χ1n) is 7.72. The van der Waals surface area contributed by atoms with Crippen LogP contribution in [0.25, 0.3) is 11.3 Å². The fraction of sp³-hybridized carbons (Fsp3) is 0.176. The molecule has 132 valence electrons. The molecule has 4 aromatic rings. The molecule has 0 aliphatic rings. The summed E-state index contributed by atoms with van der Waals surface area (Å²) in [7, 11) is 0. The first-order valence-corrected chi connectivity index (χ1v) is 9.97. The molecule has 3 aromatic heterocycles. The Balaban J connectivity index is 1.37. The van der Waals surface area contributed by atoms with E-state index in [4.69, 9.17) is 20.4 Å². The Labute approximate surface area is 162 Å². The molecular formula is C17H13ClN4O2S2. The first kappa shape index (κ1) is 17.3. The number of thiazole rings is 1. The van der Waals surface area contributed by atoms with Crippen molar-refractivity contribution in [2.75, 3.05) is 0 Å². The quantitative estimate of drug-likeness (QED) is 0.417. The van der Waals surface area contributed by atoms with Gasteiger partial charge in [0.05, 0.1) is 29.1 Å². The number of thioether (sulfide) groups is 1. The topological polar surface area (TPSA) is 77.8 Å². The van der Waals surface area contributed by atoms with Gasteiger partial charge in [0, 0.05) is 16.0 Å². The lowest BCUT2D eigenvalue weighted by Crippen LogP contribution is -1.88. The number of aryl methyl sites for hydroxylation is 1. The van der Waals surface area contributed by atoms with E-state index in [1.807, 2.05) is 36.6 Å². The lowest BCUT2D eigenvalue weighted by atomic mass is 10.2. The zero-order chi connectivity index (χ0) is 17.9. The van der Waals surface area contributed by atoms with Gasteiger partial charge in [0.2, 0.25) is 11.8 Å². The third kappa shape index (κ3) is 4.14. The lowest BCUT2D eigenvalue weighted by molar-refractivity contribution is 0.418. The van der Waals surface area contributed by atoms with E-state index in [-0.39, 0.29) is 0 Å². The molecule has 0 saturated heterocycles. The van der Waals surface area contributed by atoms with Gasteiger partial charge in [-0.3, -0.25) is 0 Å². The summed E-state index contributed by atoms with van der Waals surface area (Å²) >= 11 is 8.99. The van der Waals surface area contributed by atoms with Crippen molar-refractivity contribution in [3.05, 3.63) is 63.3 Å². The molecule has 6 nitrogen and oxygen atoms in total. The van der Waals surface area contributed by atoms with Crippen LogP contribution in [-0.4, -0.2) is 20.2 Å². The molecule has 0 bridgehead atoms. The number of hydrogen-bond acceptors (Lipinski definition) is 8. The molecule has 0 aliphatic carbocycles. The molecule has 0 radical (unpaired) electrons. The van der Waals surface area contributed by atoms with Gasteiger partial charge in [-0.15, -0.1) is 21.5 Å². The van der Waals surface area contributed by atoms with Gasteiger partial charge in [0.25, 0.3) is 5.22 Å². The van der Waals surface area contributed by atoms with E-state index in [0.29, 0.717) is 40.0 Å². The molecule has 4 rings (SSSR count). The van der Waals surface area contributed by atoms with E-state index in [2.05, 4.69) is 20.2 Å². The Morgan fingerprint density at radius 1 is 1.19 bits per heavy atom. The van der Waals surface area contributed by atoms with Crippen LogP contribution in [0.3, 0.4) is 0 Å². The van der Waals surface area contributed by atoms with Gasteiger partial charge in [0.15, 0.2) is 5.76 Å². The Kier molecular flexibility index (Phi) is 5.05. The van der Waals surface area contributed by atoms with Crippen LogP contribution in [0.5, 0.6) is 0 Å². The second kappa shape index (κ2) is 7.61. The van der Waals surface area contributed by atoms with Crippen molar-refractivity contribution in [2.24, 2.45) is 0 Å². The molecule has 0 N–H and O–H groups in total. The van der Waals surface area contributed by atoms with Crippen LogP contribution in [0.4, 0.5) is 0 Å². The first-order chi connectivity index (χ1) is 12.7. The molecule has 0 atom stereocenters. The average Bonchev–Trinajstić information content (AvgIpc) is 3.35. The Morgan fingerprint density at radius 2 is 2.12 bits per heavy atom. The number of hydrogen-bond donors (Lipinski definition) is 0. The maximum atomic E-state index is 6.01. The van der Waals surface area contributed by atoms with Crippen LogP contribution in [0.1, 0.15) is 22.5 Å². The van der Waals surface area contributed by atoms with E-state index in [1.165, 1.54) is 11.8 Å². The van der Waals surface area contributed by atoms with Crippen LogP contribution >= 0.6 is 34.7 Å². The summed E-state index contributed by atoms with van der Waals surface area (Å²) in [5, 5.41) is 12.3. The van der Waals surface area contributed by atoms with Crippen molar-refractivity contribution in [3.8, 4) is 11.3 Å². The van der Waals surface area contributed by atoms with E-state index in [9.17, 15) is 0 Å². The van der Waals surface area contributed by atoms with E-state index in [1.54, 1.807) is 17.5 Å². The minimum atomic E-state index is 0.481. The van der Waals surface area contributed by atoms with Crippen LogP contribution in [0.15, 0.2) is 49.9 Å². The van der Waals surface area contributed by atoms with Crippen molar-refractivity contribution < 1.29 is 8.83 Å². The SMILES string of the molecule is Cc1nc(Cc2nnc(SCc3ncc(-c4cccc(Cl)c4)o3)o2)cs1. The molecule has 0 amide bonds. The predicted molar refractivity (Wildman–Crippen MR) is 100 cm³/mol. The van der Waals surface area contributed by atoms with Gasteiger partial charge in [-0.2, -0.15) is 0 Å². The third-order valence-electron chi connectivity index (χ3n) is 3.43. The monoisotopic (exact) mass is 404 g/mol. The minimum absolute atomic E-state index is 0.481. The van der Waals surface area contributed by atoms with Crippen LogP contribution < -0.4 is 0 Å². The highest BCUT2D eigenvalue weighted by Crippen LogP contribution is 2.27. The van der Waals surface area contributed by atoms with Gasteiger partial charge in [-0.1, -0.05) is 35.5 Å². The van der Waals surface area contributed by atoms with Gasteiger partial charge >= 0.3 is 0 Å². The van der Waals surface area contributed by atoms with E-state index >= 15 is 0 Å². The number of benzene rings is 1. The predicted octanol–water partition coefficient (Wildman–Crippen LogP) is 5.03. The summed E-state index contributed by atoms with van der Waals surface area (Å²) in [6, 6.07) is 7.45. The van der Waals surface area contributed by atoms with Gasteiger partial charge in [0.1, 0.15) is 0 Å². The molecule has 0 fully saturated rings. The minimum Gasteiger partial charge on any atom is -0.440 e. The Hall–Kier alpha value is -2.16. The summed E-state index contributed by atoms with van der Waals surface area (Å²) in [6.45, 7) is 1.97. The Bertz CT molecular complexity index is 1030. The highest BCUT2D eigenvalue weighted by molar-refractivity contribution is 7.98. The summed E-state index contributed by atoms with van der Waals surface area (Å²) in [6.07, 6.45) is 2.22. The van der Waals surface area contributed by atoms with Crippen molar-refractivity contribution in [1.29, 1.82) is 0 Å². The number of halogens is 1. The summed E-state index contributed by atoms with van der Waals surface area (Å²) in [5.41, 5.74) is 1.83. The average molecular weight is 405 g/mol. The summed E-state index contributed by atoms with van der Waals surface area (Å²) in [4.78, 5) is 8.68. The van der Waals surface area contributed by atoms with Crippen molar-refractivity contribution in [1.82, 2.24) is 20.2 Å². The van der Waals surface area contributed by atoms with E-state index in [0.717, 1.165) is 16.3 Å². The zero-order valence-corrected chi connectivity index (χ0v) is 16.1. The molecule has 0 aliphatic heterocycles. The standard InChI is InChI=1S/C17H13ClN4O2S2/c1-10-20-13(8-25-10)6-15-21-22-17(24-15)26-9-16-19-7-14(23-16)11-3-2-4-12(18)5-11/h2-5,7-8H,6,9H2,1H3. The number of aromatic nitrogens is 4. The summed E-state index contributed by atoms with van der Waals surface area (Å²) < 4.78 is 11.4. The Morgan fingerprint density at radius 3 is 2.92 bits per heavy atom. The van der Waals surface area contributed by atoms with Gasteiger partial charge in [-0.05, 0) is 19.1 Å². The molecule has 9 heteroatoms. The van der Waals surface area contributed by atoms with Crippen molar-refractivity contribution in [3.63, 3.8) is 0 Å². The number of nitrogens with zero attached hydrogens (tertiary/aromatic N) is 4. The molecule has 26 heavy (non-hydrogen) atoms. The van der Waals surface area contributed by atoms with Crippen molar-refractivity contribution >= 4 is 34.7 Å². The maximum absolute atomic E-state index is 6.01. The molecule has 3 heterocycles. The largest absolute Gasteiger partial charge is 0.440 e. The van der Waals surface area contributed by atoms with Crippen LogP contribution in [0, 0.1) is 6.92 Å². The van der Waals surface area contributed by atoms with Crippen LogP contribution in [-0.2, 0) is 12.2 Å². The zero-order valence-electron chi connectivity index (χ0n) is 13.7. The number of oxazole rings is 1. The van der Waals surface area contributed by atoms with Crippen LogP contribution in [0.2, 0.25) is 5.02 Å². The molecule has 0 unspecified atom stereocenters. The fourth-order valence-electron chi connectivity index (χ4n) is 2.29. The lowest BCUT2D eigenvalue weighted by Gasteiger charge is -1.96. The highest BCUT2D eigenvalue weighted by Gasteiger charge is 2.12. The molecule has 0 spiro atoms. The molecular weight excluding hydrogens is 392 g/mol. The second-order valence-electron chi connectivity index (χ2n) is 5.41. The third-order valence-corrected chi connectivity index (χ3v) is 5.29. The summed E-state index contributed by atoms with van der Waals surface area (Å²) in [5.74, 6) is 2.30. The molecule has 1 aromatic carbocycles. The van der Waals surface area contributed by atoms with Gasteiger partial charge < -0.3 is 8.83 Å².